The van der Waals surface area contributed by atoms with E-state index in [2.05, 4.69) is 28.2 Å². The number of hydrogen-bond acceptors (Lipinski definition) is 2. The zero-order chi connectivity index (χ0) is 14.8. The van der Waals surface area contributed by atoms with Crippen LogP contribution in [0.15, 0.2) is 0 Å². The van der Waals surface area contributed by atoms with Crippen molar-refractivity contribution in [3.63, 3.8) is 0 Å². The van der Waals surface area contributed by atoms with E-state index in [1.807, 2.05) is 4.90 Å². The van der Waals surface area contributed by atoms with E-state index in [0.29, 0.717) is 6.42 Å². The Morgan fingerprint density at radius 3 is 2.50 bits per heavy atom. The minimum atomic E-state index is 0.0958. The fourth-order valence-electron chi connectivity index (χ4n) is 2.45. The van der Waals surface area contributed by atoms with Gasteiger partial charge in [-0.1, -0.05) is 29.3 Å². The van der Waals surface area contributed by atoms with Crippen molar-refractivity contribution in [3.05, 3.63) is 0 Å². The normalized spacial score (nSPS) is 16.2. The van der Waals surface area contributed by atoms with Crippen molar-refractivity contribution >= 4 is 27.7 Å². The molecule has 116 valence electrons. The van der Waals surface area contributed by atoms with E-state index in [-0.39, 0.29) is 17.7 Å². The third-order valence-corrected chi connectivity index (χ3v) is 4.38. The molecule has 1 fully saturated rings. The lowest BCUT2D eigenvalue weighted by molar-refractivity contribution is -0.135. The lowest BCUT2D eigenvalue weighted by Gasteiger charge is -2.31. The summed E-state index contributed by atoms with van der Waals surface area (Å²) < 4.78 is 0. The zero-order valence-corrected chi connectivity index (χ0v) is 14.1. The largest absolute Gasteiger partial charge is 0.356 e. The Hall–Kier alpha value is -0.580. The summed E-state index contributed by atoms with van der Waals surface area (Å²) in [5.74, 6) is 0.513. The Morgan fingerprint density at radius 2 is 1.90 bits per heavy atom. The van der Waals surface area contributed by atoms with Gasteiger partial charge in [0, 0.05) is 37.3 Å². The molecule has 0 radical (unpaired) electrons. The van der Waals surface area contributed by atoms with Gasteiger partial charge in [-0.3, -0.25) is 9.59 Å². The molecule has 0 saturated carbocycles. The van der Waals surface area contributed by atoms with Gasteiger partial charge in [0.2, 0.25) is 11.8 Å². The van der Waals surface area contributed by atoms with Crippen LogP contribution in [0.1, 0.15) is 51.9 Å². The van der Waals surface area contributed by atoms with Gasteiger partial charge in [0.25, 0.3) is 0 Å². The number of unbranched alkanes of at least 4 members (excludes halogenated alkanes) is 2. The molecule has 0 aromatic rings. The first-order chi connectivity index (χ1) is 9.69. The van der Waals surface area contributed by atoms with Gasteiger partial charge < -0.3 is 10.2 Å². The Kier molecular flexibility index (Phi) is 8.90. The van der Waals surface area contributed by atoms with Crippen LogP contribution in [-0.2, 0) is 9.59 Å². The van der Waals surface area contributed by atoms with Gasteiger partial charge in [-0.2, -0.15) is 0 Å². The Morgan fingerprint density at radius 1 is 1.20 bits per heavy atom. The lowest BCUT2D eigenvalue weighted by Crippen LogP contribution is -2.43. The highest BCUT2D eigenvalue weighted by Gasteiger charge is 2.26. The predicted molar refractivity (Wildman–Crippen MR) is 84.9 cm³/mol. The fourth-order valence-corrected chi connectivity index (χ4v) is 2.85. The number of rotatable bonds is 8. The molecule has 0 spiro atoms. The Labute approximate surface area is 130 Å². The van der Waals surface area contributed by atoms with Gasteiger partial charge in [0.05, 0.1) is 0 Å². The summed E-state index contributed by atoms with van der Waals surface area (Å²) in [4.78, 5) is 25.8. The van der Waals surface area contributed by atoms with Gasteiger partial charge in [-0.15, -0.1) is 0 Å². The van der Waals surface area contributed by atoms with Gasteiger partial charge >= 0.3 is 0 Å². The highest BCUT2D eigenvalue weighted by molar-refractivity contribution is 9.09. The van der Waals surface area contributed by atoms with Crippen LogP contribution in [0, 0.1) is 5.92 Å². The van der Waals surface area contributed by atoms with E-state index in [0.717, 1.165) is 63.5 Å². The summed E-state index contributed by atoms with van der Waals surface area (Å²) >= 11 is 3.38. The Bertz CT molecular complexity index is 272. The average Bonchev–Trinajstić information content (AvgIpc) is 2.47. The highest BCUT2D eigenvalue weighted by Crippen LogP contribution is 2.18. The fraction of sp³-hybridized carbons (Fsp3) is 0.867. The quantitative estimate of drug-likeness (QED) is 0.542. The minimum Gasteiger partial charge on any atom is -0.356 e. The number of alkyl halides is 1. The molecule has 0 aromatic heterocycles. The third-order valence-electron chi connectivity index (χ3n) is 3.82. The van der Waals surface area contributed by atoms with E-state index in [4.69, 9.17) is 0 Å². The number of likely N-dealkylation sites (tertiary alicyclic amines) is 1. The van der Waals surface area contributed by atoms with Crippen LogP contribution in [0.5, 0.6) is 0 Å². The first-order valence-corrected chi connectivity index (χ1v) is 8.92. The number of amides is 2. The number of nitrogens with zero attached hydrogens (tertiary/aromatic N) is 1. The van der Waals surface area contributed by atoms with E-state index in [1.165, 1.54) is 0 Å². The second-order valence-corrected chi connectivity index (χ2v) is 6.24. The molecule has 0 unspecified atom stereocenters. The molecule has 4 nitrogen and oxygen atoms in total. The second kappa shape index (κ2) is 10.2. The molecule has 20 heavy (non-hydrogen) atoms. The molecule has 0 bridgehead atoms. The summed E-state index contributed by atoms with van der Waals surface area (Å²) in [5, 5.41) is 3.95. The maximum Gasteiger partial charge on any atom is 0.223 e. The van der Waals surface area contributed by atoms with E-state index in [9.17, 15) is 9.59 Å². The van der Waals surface area contributed by atoms with Crippen LogP contribution < -0.4 is 5.32 Å². The van der Waals surface area contributed by atoms with Crippen LogP contribution in [0.3, 0.4) is 0 Å². The zero-order valence-electron chi connectivity index (χ0n) is 12.5. The molecule has 0 aliphatic carbocycles. The van der Waals surface area contributed by atoms with Crippen molar-refractivity contribution in [2.75, 3.05) is 25.0 Å². The topological polar surface area (TPSA) is 49.4 Å². The molecular weight excluding hydrogens is 320 g/mol. The summed E-state index contributed by atoms with van der Waals surface area (Å²) in [6.45, 7) is 4.37. The van der Waals surface area contributed by atoms with E-state index >= 15 is 0 Å². The van der Waals surface area contributed by atoms with Gasteiger partial charge in [-0.25, -0.2) is 0 Å². The summed E-state index contributed by atoms with van der Waals surface area (Å²) in [6, 6.07) is 0. The number of hydrogen-bond donors (Lipinski definition) is 1. The van der Waals surface area contributed by atoms with Crippen molar-refractivity contribution in [3.8, 4) is 0 Å². The molecule has 0 atom stereocenters. The highest BCUT2D eigenvalue weighted by atomic mass is 79.9. The first kappa shape index (κ1) is 17.5. The second-order valence-electron chi connectivity index (χ2n) is 5.45. The van der Waals surface area contributed by atoms with Gasteiger partial charge in [-0.05, 0) is 32.1 Å². The molecule has 1 saturated heterocycles. The molecule has 1 aliphatic rings. The first-order valence-electron chi connectivity index (χ1n) is 7.80. The number of carbonyl (C=O) groups excluding carboxylic acids is 2. The van der Waals surface area contributed by atoms with Crippen molar-refractivity contribution in [1.82, 2.24) is 10.2 Å². The number of piperidine rings is 1. The summed E-state index contributed by atoms with van der Waals surface area (Å²) in [6.07, 6.45) is 6.38. The maximum atomic E-state index is 12.0. The van der Waals surface area contributed by atoms with Crippen LogP contribution >= 0.6 is 15.9 Å². The van der Waals surface area contributed by atoms with Crippen molar-refractivity contribution in [1.29, 1.82) is 0 Å². The van der Waals surface area contributed by atoms with Crippen LogP contribution in [0.2, 0.25) is 0 Å². The smallest absolute Gasteiger partial charge is 0.223 e. The molecule has 5 heteroatoms. The van der Waals surface area contributed by atoms with E-state index < -0.39 is 0 Å². The average molecular weight is 347 g/mol. The van der Waals surface area contributed by atoms with E-state index in [1.54, 1.807) is 0 Å². The van der Waals surface area contributed by atoms with Gasteiger partial charge in [0.15, 0.2) is 0 Å². The van der Waals surface area contributed by atoms with Crippen molar-refractivity contribution < 1.29 is 9.59 Å². The SMILES string of the molecule is CCCCNC(=O)C1CCN(C(=O)CCCCBr)CC1. The number of carbonyl (C=O) groups is 2. The predicted octanol–water partition coefficient (Wildman–Crippen LogP) is 2.71. The number of halogens is 1. The third kappa shape index (κ3) is 6.25. The van der Waals surface area contributed by atoms with Crippen LogP contribution in [0.25, 0.3) is 0 Å². The summed E-state index contributed by atoms with van der Waals surface area (Å²) in [7, 11) is 0. The molecule has 1 aliphatic heterocycles. The maximum absolute atomic E-state index is 12.0. The minimum absolute atomic E-state index is 0.0958. The standard InChI is InChI=1S/C15H27BrN2O2/c1-2-3-10-17-15(20)13-7-11-18(12-8-13)14(19)6-4-5-9-16/h13H,2-12H2,1H3,(H,17,20). The summed E-state index contributed by atoms with van der Waals surface area (Å²) in [5.41, 5.74) is 0. The van der Waals surface area contributed by atoms with Gasteiger partial charge in [0.1, 0.15) is 0 Å². The molecule has 0 aromatic carbocycles. The Balaban J connectivity index is 2.21. The molecule has 1 heterocycles. The van der Waals surface area contributed by atoms with Crippen LogP contribution in [0.4, 0.5) is 0 Å². The molecule has 1 N–H and O–H groups in total. The van der Waals surface area contributed by atoms with Crippen molar-refractivity contribution in [2.24, 2.45) is 5.92 Å². The number of nitrogens with one attached hydrogen (secondary N) is 1. The van der Waals surface area contributed by atoms with Crippen molar-refractivity contribution in [2.45, 2.75) is 51.9 Å². The lowest BCUT2D eigenvalue weighted by atomic mass is 9.95. The monoisotopic (exact) mass is 346 g/mol. The van der Waals surface area contributed by atoms with Crippen LogP contribution in [-0.4, -0.2) is 41.7 Å². The molecule has 2 amide bonds. The molecule has 1 rings (SSSR count). The molecular formula is C15H27BrN2O2.